The predicted octanol–water partition coefficient (Wildman–Crippen LogP) is 4.30. The molecule has 1 aliphatic heterocycles. The minimum atomic E-state index is -4.44. The molecule has 1 aliphatic rings. The van der Waals surface area contributed by atoms with Gasteiger partial charge in [-0.15, -0.1) is 0 Å². The van der Waals surface area contributed by atoms with E-state index in [9.17, 15) is 22.8 Å². The van der Waals surface area contributed by atoms with Gasteiger partial charge in [-0.3, -0.25) is 9.59 Å². The number of amides is 1. The number of benzene rings is 1. The predicted molar refractivity (Wildman–Crippen MR) is 90.6 cm³/mol. The smallest absolute Gasteiger partial charge is 0.416 e. The molecule has 0 aromatic heterocycles. The first-order valence-corrected chi connectivity index (χ1v) is 8.84. The van der Waals surface area contributed by atoms with Gasteiger partial charge >= 0.3 is 12.1 Å². The number of hydrogen-bond acceptors (Lipinski definition) is 2. The fourth-order valence-electron chi connectivity index (χ4n) is 3.54. The highest BCUT2D eigenvalue weighted by atomic mass is 19.4. The zero-order chi connectivity index (χ0) is 19.3. The number of aliphatic carboxylic acids is 1. The molecule has 0 radical (unpaired) electrons. The standard InChI is InChI=1S/C19H24F3NO3/c1-13(15-6-2-3-7-16(15)19(20,21)22)11-17(24)23-10-4-5-14(12-23)8-9-18(25)26/h2-3,6-7,13-14H,4-5,8-12H2,1H3,(H,25,26). The molecule has 2 rings (SSSR count). The van der Waals surface area contributed by atoms with E-state index in [2.05, 4.69) is 0 Å². The minimum absolute atomic E-state index is 0.0126. The SMILES string of the molecule is CC(CC(=O)N1CCCC(CCC(=O)O)C1)c1ccccc1C(F)(F)F. The summed E-state index contributed by atoms with van der Waals surface area (Å²) in [6.07, 6.45) is -2.17. The normalized spacial score (nSPS) is 19.2. The molecule has 144 valence electrons. The van der Waals surface area contributed by atoms with Crippen molar-refractivity contribution >= 4 is 11.9 Å². The fraction of sp³-hybridized carbons (Fsp3) is 0.579. The highest BCUT2D eigenvalue weighted by Gasteiger charge is 2.35. The van der Waals surface area contributed by atoms with E-state index in [1.54, 1.807) is 17.9 Å². The zero-order valence-corrected chi connectivity index (χ0v) is 14.8. The van der Waals surface area contributed by atoms with E-state index in [0.29, 0.717) is 19.5 Å². The summed E-state index contributed by atoms with van der Waals surface area (Å²) in [6.45, 7) is 2.70. The first kappa shape index (κ1) is 20.3. The molecule has 1 N–H and O–H groups in total. The van der Waals surface area contributed by atoms with Crippen LogP contribution in [0, 0.1) is 5.92 Å². The summed E-state index contributed by atoms with van der Waals surface area (Å²) in [5.41, 5.74) is -0.564. The Bertz CT molecular complexity index is 645. The molecule has 2 unspecified atom stereocenters. The summed E-state index contributed by atoms with van der Waals surface area (Å²) in [6, 6.07) is 5.36. The molecule has 1 heterocycles. The second-order valence-electron chi connectivity index (χ2n) is 6.97. The van der Waals surface area contributed by atoms with E-state index in [4.69, 9.17) is 5.11 Å². The number of carboxylic acids is 1. The van der Waals surface area contributed by atoms with E-state index in [1.807, 2.05) is 0 Å². The molecule has 4 nitrogen and oxygen atoms in total. The number of carbonyl (C=O) groups is 2. The van der Waals surface area contributed by atoms with Crippen LogP contribution < -0.4 is 0 Å². The molecule has 0 aliphatic carbocycles. The van der Waals surface area contributed by atoms with E-state index < -0.39 is 23.6 Å². The number of likely N-dealkylation sites (tertiary alicyclic amines) is 1. The number of carboxylic acid groups (broad SMARTS) is 1. The van der Waals surface area contributed by atoms with E-state index in [-0.39, 0.29) is 30.2 Å². The van der Waals surface area contributed by atoms with Gasteiger partial charge in [0.15, 0.2) is 0 Å². The van der Waals surface area contributed by atoms with Gasteiger partial charge in [-0.05, 0) is 42.7 Å². The zero-order valence-electron chi connectivity index (χ0n) is 14.8. The number of piperidine rings is 1. The molecule has 2 atom stereocenters. The van der Waals surface area contributed by atoms with Crippen LogP contribution in [-0.2, 0) is 15.8 Å². The Labute approximate surface area is 151 Å². The average molecular weight is 371 g/mol. The van der Waals surface area contributed by atoms with Crippen molar-refractivity contribution in [3.8, 4) is 0 Å². The van der Waals surface area contributed by atoms with Crippen LogP contribution in [0.15, 0.2) is 24.3 Å². The quantitative estimate of drug-likeness (QED) is 0.811. The topological polar surface area (TPSA) is 57.6 Å². The maximum Gasteiger partial charge on any atom is 0.416 e. The largest absolute Gasteiger partial charge is 0.481 e. The van der Waals surface area contributed by atoms with Crippen molar-refractivity contribution in [2.75, 3.05) is 13.1 Å². The summed E-state index contributed by atoms with van der Waals surface area (Å²) in [5, 5.41) is 8.78. The van der Waals surface area contributed by atoms with Crippen LogP contribution in [0.25, 0.3) is 0 Å². The number of hydrogen-bond donors (Lipinski definition) is 1. The number of carbonyl (C=O) groups excluding carboxylic acids is 1. The van der Waals surface area contributed by atoms with Crippen LogP contribution >= 0.6 is 0 Å². The van der Waals surface area contributed by atoms with Gasteiger partial charge in [0.25, 0.3) is 0 Å². The molecule has 1 amide bonds. The molecule has 0 saturated carbocycles. The first-order valence-electron chi connectivity index (χ1n) is 8.84. The van der Waals surface area contributed by atoms with Crippen LogP contribution in [0.3, 0.4) is 0 Å². The Morgan fingerprint density at radius 1 is 1.31 bits per heavy atom. The molecule has 1 fully saturated rings. The fourth-order valence-corrected chi connectivity index (χ4v) is 3.54. The summed E-state index contributed by atoms with van der Waals surface area (Å²) in [4.78, 5) is 24.9. The van der Waals surface area contributed by atoms with Gasteiger partial charge in [-0.1, -0.05) is 25.1 Å². The third kappa shape index (κ3) is 5.47. The summed E-state index contributed by atoms with van der Waals surface area (Å²) in [7, 11) is 0. The Balaban J connectivity index is 2.00. The van der Waals surface area contributed by atoms with Gasteiger partial charge in [0.2, 0.25) is 5.91 Å². The van der Waals surface area contributed by atoms with Crippen molar-refractivity contribution in [2.45, 2.75) is 51.1 Å². The average Bonchev–Trinajstić information content (AvgIpc) is 2.59. The third-order valence-corrected chi connectivity index (χ3v) is 4.92. The summed E-state index contributed by atoms with van der Waals surface area (Å²) in [5.74, 6) is -1.43. The molecule has 1 aromatic rings. The van der Waals surface area contributed by atoms with Gasteiger partial charge in [-0.25, -0.2) is 0 Å². The molecule has 26 heavy (non-hydrogen) atoms. The number of halogens is 3. The number of nitrogens with zero attached hydrogens (tertiary/aromatic N) is 1. The van der Waals surface area contributed by atoms with Gasteiger partial charge in [0, 0.05) is 25.9 Å². The van der Waals surface area contributed by atoms with Crippen molar-refractivity contribution in [1.29, 1.82) is 0 Å². The van der Waals surface area contributed by atoms with Crippen LogP contribution in [0.5, 0.6) is 0 Å². The van der Waals surface area contributed by atoms with Crippen LogP contribution in [0.4, 0.5) is 13.2 Å². The van der Waals surface area contributed by atoms with Crippen LogP contribution in [0.1, 0.15) is 56.1 Å². The lowest BCUT2D eigenvalue weighted by Crippen LogP contribution is -2.40. The second kappa shape index (κ2) is 8.56. The van der Waals surface area contributed by atoms with E-state index in [0.717, 1.165) is 18.9 Å². The Morgan fingerprint density at radius 3 is 2.65 bits per heavy atom. The summed E-state index contributed by atoms with van der Waals surface area (Å²) >= 11 is 0. The van der Waals surface area contributed by atoms with Crippen molar-refractivity contribution in [3.63, 3.8) is 0 Å². The molecule has 1 aromatic carbocycles. The van der Waals surface area contributed by atoms with Crippen molar-refractivity contribution in [2.24, 2.45) is 5.92 Å². The van der Waals surface area contributed by atoms with Gasteiger partial charge in [0.05, 0.1) is 5.56 Å². The molecule has 1 saturated heterocycles. The van der Waals surface area contributed by atoms with E-state index in [1.165, 1.54) is 12.1 Å². The van der Waals surface area contributed by atoms with Crippen molar-refractivity contribution in [1.82, 2.24) is 4.90 Å². The molecular formula is C19H24F3NO3. The molecular weight excluding hydrogens is 347 g/mol. The highest BCUT2D eigenvalue weighted by molar-refractivity contribution is 5.77. The Hall–Kier alpha value is -2.05. The van der Waals surface area contributed by atoms with Gasteiger partial charge in [0.1, 0.15) is 0 Å². The third-order valence-electron chi connectivity index (χ3n) is 4.92. The van der Waals surface area contributed by atoms with Gasteiger partial charge in [-0.2, -0.15) is 13.2 Å². The lowest BCUT2D eigenvalue weighted by atomic mass is 9.90. The first-order chi connectivity index (χ1) is 12.2. The molecule has 0 bridgehead atoms. The van der Waals surface area contributed by atoms with Crippen LogP contribution in [0.2, 0.25) is 0 Å². The second-order valence-corrected chi connectivity index (χ2v) is 6.97. The summed E-state index contributed by atoms with van der Waals surface area (Å²) < 4.78 is 39.5. The lowest BCUT2D eigenvalue weighted by molar-refractivity contribution is -0.139. The lowest BCUT2D eigenvalue weighted by Gasteiger charge is -2.33. The van der Waals surface area contributed by atoms with Crippen molar-refractivity contribution in [3.05, 3.63) is 35.4 Å². The monoisotopic (exact) mass is 371 g/mol. The molecule has 7 heteroatoms. The van der Waals surface area contributed by atoms with Gasteiger partial charge < -0.3 is 10.0 Å². The maximum absolute atomic E-state index is 13.2. The maximum atomic E-state index is 13.2. The number of rotatable bonds is 6. The highest BCUT2D eigenvalue weighted by Crippen LogP contribution is 2.36. The van der Waals surface area contributed by atoms with Crippen molar-refractivity contribution < 1.29 is 27.9 Å². The molecule has 0 spiro atoms. The Kier molecular flexibility index (Phi) is 6.67. The van der Waals surface area contributed by atoms with Crippen LogP contribution in [-0.4, -0.2) is 35.0 Å². The Morgan fingerprint density at radius 2 is 2.00 bits per heavy atom. The minimum Gasteiger partial charge on any atom is -0.481 e. The van der Waals surface area contributed by atoms with E-state index >= 15 is 0 Å². The number of alkyl halides is 3.